The lowest BCUT2D eigenvalue weighted by atomic mass is 10.2. The third kappa shape index (κ3) is 5.05. The molecule has 3 aromatic carbocycles. The molecule has 33 heavy (non-hydrogen) atoms. The van der Waals surface area contributed by atoms with E-state index in [1.54, 1.807) is 36.4 Å². The number of carbonyl (C=O) groups excluding carboxylic acids is 1. The molecule has 1 aliphatic rings. The first-order valence-electron chi connectivity index (χ1n) is 10.2. The predicted molar refractivity (Wildman–Crippen MR) is 127 cm³/mol. The van der Waals surface area contributed by atoms with Crippen molar-refractivity contribution in [1.29, 1.82) is 0 Å². The number of carbonyl (C=O) groups is 1. The van der Waals surface area contributed by atoms with Crippen molar-refractivity contribution in [1.82, 2.24) is 5.32 Å². The molecule has 0 radical (unpaired) electrons. The Labute approximate surface area is 196 Å². The lowest BCUT2D eigenvalue weighted by molar-refractivity contribution is 0.262. The molecule has 4 N–H and O–H groups in total. The van der Waals surface area contributed by atoms with E-state index in [2.05, 4.69) is 16.0 Å². The number of phenols is 1. The van der Waals surface area contributed by atoms with E-state index >= 15 is 0 Å². The van der Waals surface area contributed by atoms with Gasteiger partial charge in [0.2, 0.25) is 0 Å². The molecule has 1 unspecified atom stereocenters. The number of sulfone groups is 1. The Morgan fingerprint density at radius 3 is 2.42 bits per heavy atom. The van der Waals surface area contributed by atoms with Gasteiger partial charge >= 0.3 is 6.03 Å². The van der Waals surface area contributed by atoms with Gasteiger partial charge in [-0.15, -0.1) is 0 Å². The van der Waals surface area contributed by atoms with Gasteiger partial charge in [-0.25, -0.2) is 13.2 Å². The van der Waals surface area contributed by atoms with Crippen molar-refractivity contribution in [3.05, 3.63) is 71.8 Å². The smallest absolute Gasteiger partial charge is 0.323 e. The van der Waals surface area contributed by atoms with Gasteiger partial charge in [0, 0.05) is 6.54 Å². The zero-order chi connectivity index (χ0) is 23.4. The first-order chi connectivity index (χ1) is 15.9. The molecule has 2 amide bonds. The summed E-state index contributed by atoms with van der Waals surface area (Å²) in [5.74, 6) is 0.410. The molecule has 1 aliphatic heterocycles. The first-order valence-corrected chi connectivity index (χ1v) is 12.1. The molecule has 0 spiro atoms. The summed E-state index contributed by atoms with van der Waals surface area (Å²) < 4.78 is 31.8. The lowest BCUT2D eigenvalue weighted by Crippen LogP contribution is -2.25. The minimum Gasteiger partial charge on any atom is -0.504 e. The molecular formula is C23H22ClN3O5S. The molecule has 10 heteroatoms. The molecule has 0 aliphatic carbocycles. The number of hydrogen-bond donors (Lipinski definition) is 4. The zero-order valence-electron chi connectivity index (χ0n) is 17.4. The summed E-state index contributed by atoms with van der Waals surface area (Å²) in [4.78, 5) is 12.3. The van der Waals surface area contributed by atoms with Crippen LogP contribution in [0.15, 0.2) is 71.6 Å². The van der Waals surface area contributed by atoms with Crippen molar-refractivity contribution in [3.63, 3.8) is 0 Å². The summed E-state index contributed by atoms with van der Waals surface area (Å²) in [6.07, 6.45) is 0.411. The van der Waals surface area contributed by atoms with Crippen LogP contribution in [0.1, 0.15) is 6.42 Å². The fourth-order valence-electron chi connectivity index (χ4n) is 3.53. The summed E-state index contributed by atoms with van der Waals surface area (Å²) in [6.45, 7) is 0.835. The summed E-state index contributed by atoms with van der Waals surface area (Å²) >= 11 is 6.12. The molecule has 1 saturated heterocycles. The van der Waals surface area contributed by atoms with E-state index in [0.29, 0.717) is 30.2 Å². The number of nitrogens with one attached hydrogen (secondary N) is 3. The van der Waals surface area contributed by atoms with Crippen LogP contribution in [-0.4, -0.2) is 37.9 Å². The van der Waals surface area contributed by atoms with Crippen molar-refractivity contribution in [2.24, 2.45) is 0 Å². The molecule has 0 saturated carbocycles. The van der Waals surface area contributed by atoms with Crippen LogP contribution in [0, 0.1) is 0 Å². The molecule has 8 nitrogen and oxygen atoms in total. The minimum atomic E-state index is -3.89. The number of halogens is 1. The van der Waals surface area contributed by atoms with Crippen LogP contribution >= 0.6 is 11.6 Å². The quantitative estimate of drug-likeness (QED) is 0.377. The van der Waals surface area contributed by atoms with Gasteiger partial charge in [-0.1, -0.05) is 41.9 Å². The van der Waals surface area contributed by atoms with Gasteiger partial charge < -0.3 is 25.8 Å². The van der Waals surface area contributed by atoms with Crippen LogP contribution in [0.25, 0.3) is 0 Å². The minimum absolute atomic E-state index is 0.0807. The average molecular weight is 488 g/mol. The molecule has 4 rings (SSSR count). The third-order valence-corrected chi connectivity index (χ3v) is 7.87. The Bertz CT molecular complexity index is 1260. The van der Waals surface area contributed by atoms with Gasteiger partial charge in [-0.2, -0.15) is 0 Å². The molecule has 0 aromatic heterocycles. The van der Waals surface area contributed by atoms with E-state index in [1.807, 2.05) is 18.2 Å². The van der Waals surface area contributed by atoms with Gasteiger partial charge in [0.15, 0.2) is 21.3 Å². The number of anilines is 2. The molecule has 1 fully saturated rings. The molecule has 1 atom stereocenters. The van der Waals surface area contributed by atoms with Crippen LogP contribution in [0.4, 0.5) is 16.2 Å². The summed E-state index contributed by atoms with van der Waals surface area (Å²) in [5.41, 5.74) is 0.306. The Morgan fingerprint density at radius 2 is 1.70 bits per heavy atom. The van der Waals surface area contributed by atoms with Crippen molar-refractivity contribution >= 4 is 38.8 Å². The maximum absolute atomic E-state index is 13.0. The number of benzene rings is 3. The van der Waals surface area contributed by atoms with Gasteiger partial charge in [0.25, 0.3) is 0 Å². The highest BCUT2D eigenvalue weighted by molar-refractivity contribution is 7.92. The number of amides is 2. The van der Waals surface area contributed by atoms with Crippen molar-refractivity contribution in [2.75, 3.05) is 23.7 Å². The molecular weight excluding hydrogens is 466 g/mol. The highest BCUT2D eigenvalue weighted by atomic mass is 35.5. The first kappa shape index (κ1) is 22.9. The van der Waals surface area contributed by atoms with Crippen molar-refractivity contribution in [3.8, 4) is 17.2 Å². The number of urea groups is 1. The Morgan fingerprint density at radius 1 is 1.00 bits per heavy atom. The fraction of sp³-hybridized carbons (Fsp3) is 0.174. The van der Waals surface area contributed by atoms with Gasteiger partial charge in [-0.3, -0.25) is 0 Å². The van der Waals surface area contributed by atoms with Crippen LogP contribution in [0.5, 0.6) is 17.2 Å². The number of hydrogen-bond acceptors (Lipinski definition) is 6. The second kappa shape index (κ2) is 9.70. The van der Waals surface area contributed by atoms with E-state index in [4.69, 9.17) is 16.3 Å². The number of phenolic OH excluding ortho intramolecular Hbond substituents is 1. The summed E-state index contributed by atoms with van der Waals surface area (Å²) in [7, 11) is -3.89. The maximum Gasteiger partial charge on any atom is 0.323 e. The topological polar surface area (TPSA) is 117 Å². The maximum atomic E-state index is 13.0. The van der Waals surface area contributed by atoms with Gasteiger partial charge in [0.05, 0.1) is 21.6 Å². The third-order valence-electron chi connectivity index (χ3n) is 5.18. The fourth-order valence-corrected chi connectivity index (χ4v) is 5.82. The standard InChI is InChI=1S/C23H22ClN3O5S/c24-17-10-11-19(21(28)22(17)33(30,31)16-12-13-25-14-16)27-23(29)26-18-8-4-5-9-20(18)32-15-6-2-1-3-7-15/h1-11,16,25,28H,12-14H2,(H2,26,27,29). The van der Waals surface area contributed by atoms with E-state index in [0.717, 1.165) is 0 Å². The van der Waals surface area contributed by atoms with E-state index in [-0.39, 0.29) is 22.2 Å². The number of aromatic hydroxyl groups is 1. The largest absolute Gasteiger partial charge is 0.504 e. The Kier molecular flexibility index (Phi) is 6.73. The second-order valence-corrected chi connectivity index (χ2v) is 10.00. The van der Waals surface area contributed by atoms with Gasteiger partial charge in [-0.05, 0) is 49.4 Å². The molecule has 0 bridgehead atoms. The van der Waals surface area contributed by atoms with Crippen LogP contribution in [0.3, 0.4) is 0 Å². The number of para-hydroxylation sites is 3. The van der Waals surface area contributed by atoms with Crippen LogP contribution in [-0.2, 0) is 9.84 Å². The van der Waals surface area contributed by atoms with E-state index < -0.39 is 26.9 Å². The SMILES string of the molecule is O=C(Nc1ccccc1Oc1ccccc1)Nc1ccc(Cl)c(S(=O)(=O)C2CCNC2)c1O. The zero-order valence-corrected chi connectivity index (χ0v) is 19.0. The monoisotopic (exact) mass is 487 g/mol. The van der Waals surface area contributed by atoms with Crippen molar-refractivity contribution in [2.45, 2.75) is 16.6 Å². The molecule has 172 valence electrons. The lowest BCUT2D eigenvalue weighted by Gasteiger charge is -2.17. The Balaban J connectivity index is 1.54. The second-order valence-electron chi connectivity index (χ2n) is 7.42. The highest BCUT2D eigenvalue weighted by Gasteiger charge is 2.35. The molecule has 3 aromatic rings. The Hall–Kier alpha value is -3.27. The number of rotatable bonds is 6. The summed E-state index contributed by atoms with van der Waals surface area (Å²) in [6, 6.07) is 17.9. The van der Waals surface area contributed by atoms with E-state index in [1.165, 1.54) is 12.1 Å². The van der Waals surface area contributed by atoms with E-state index in [9.17, 15) is 18.3 Å². The van der Waals surface area contributed by atoms with Crippen molar-refractivity contribution < 1.29 is 23.1 Å². The van der Waals surface area contributed by atoms with Crippen LogP contribution in [0.2, 0.25) is 5.02 Å². The summed E-state index contributed by atoms with van der Waals surface area (Å²) in [5, 5.41) is 18.0. The highest BCUT2D eigenvalue weighted by Crippen LogP contribution is 2.39. The number of ether oxygens (including phenoxy) is 1. The average Bonchev–Trinajstić information content (AvgIpc) is 3.34. The normalized spacial score (nSPS) is 15.7. The van der Waals surface area contributed by atoms with Gasteiger partial charge in [0.1, 0.15) is 10.6 Å². The van der Waals surface area contributed by atoms with Crippen LogP contribution < -0.4 is 20.7 Å². The molecule has 1 heterocycles. The predicted octanol–water partition coefficient (Wildman–Crippen LogP) is 4.62.